The second-order valence-electron chi connectivity index (χ2n) is 6.15. The molecule has 4 unspecified atom stereocenters. The van der Waals surface area contributed by atoms with Crippen molar-refractivity contribution in [2.24, 2.45) is 0 Å². The predicted octanol–water partition coefficient (Wildman–Crippen LogP) is -3.50. The quantitative estimate of drug-likeness (QED) is 0.225. The summed E-state index contributed by atoms with van der Waals surface area (Å²) in [7, 11) is 0. The van der Waals surface area contributed by atoms with Crippen LogP contribution in [0.4, 0.5) is 9.59 Å². The number of β-amino-alcohol motifs (C(OH)–C–C–N with tert-alkyl or cyclic N) is 2. The number of amides is 4. The fraction of sp³-hybridized carbons (Fsp3) is 0.857. The lowest BCUT2D eigenvalue weighted by Gasteiger charge is -2.22. The van der Waals surface area contributed by atoms with Crippen LogP contribution in [0.15, 0.2) is 0 Å². The molecule has 2 saturated heterocycles. The number of aliphatic hydroxyl groups excluding tert-OH is 6. The summed E-state index contributed by atoms with van der Waals surface area (Å²) in [5, 5.41) is 57.2. The molecule has 2 fully saturated rings. The van der Waals surface area contributed by atoms with Gasteiger partial charge >= 0.3 is 12.1 Å². The van der Waals surface area contributed by atoms with E-state index in [0.29, 0.717) is 12.8 Å². The molecule has 0 aromatic heterocycles. The van der Waals surface area contributed by atoms with Crippen molar-refractivity contribution >= 4 is 12.1 Å². The molecule has 6 N–H and O–H groups in total. The van der Waals surface area contributed by atoms with Crippen LogP contribution in [0.1, 0.15) is 12.8 Å². The van der Waals surface area contributed by atoms with Crippen LogP contribution in [0.25, 0.3) is 0 Å². The van der Waals surface area contributed by atoms with Crippen LogP contribution in [0, 0.1) is 0 Å². The number of urea groups is 2. The molecule has 2 aliphatic rings. The van der Waals surface area contributed by atoms with Crippen molar-refractivity contribution in [2.75, 3.05) is 39.4 Å². The number of unbranched alkanes of at least 4 members (excludes halogenated alkanes) is 1. The van der Waals surface area contributed by atoms with Gasteiger partial charge in [0.25, 0.3) is 0 Å². The number of rotatable bonds is 9. The Hall–Kier alpha value is -1.70. The Morgan fingerprint density at radius 2 is 0.846 bits per heavy atom. The lowest BCUT2D eigenvalue weighted by molar-refractivity contribution is -0.0707. The summed E-state index contributed by atoms with van der Waals surface area (Å²) in [5.74, 6) is 0. The first-order valence-electron chi connectivity index (χ1n) is 8.43. The largest absolute Gasteiger partial charge is 0.395 e. The topological polar surface area (TPSA) is 168 Å². The fourth-order valence-corrected chi connectivity index (χ4v) is 3.12. The second-order valence-corrected chi connectivity index (χ2v) is 6.15. The Kier molecular flexibility index (Phi) is 6.97. The lowest BCUT2D eigenvalue weighted by atomic mass is 10.2. The van der Waals surface area contributed by atoms with Gasteiger partial charge in [0.05, 0.1) is 13.2 Å². The monoisotopic (exact) mass is 378 g/mol. The van der Waals surface area contributed by atoms with Gasteiger partial charge in [0.1, 0.15) is 0 Å². The van der Waals surface area contributed by atoms with Gasteiger partial charge in [-0.15, -0.1) is 0 Å². The maximum atomic E-state index is 12.1. The van der Waals surface area contributed by atoms with Crippen LogP contribution in [0.3, 0.4) is 0 Å². The van der Waals surface area contributed by atoms with E-state index in [1.165, 1.54) is 0 Å². The van der Waals surface area contributed by atoms with Crippen molar-refractivity contribution in [2.45, 2.75) is 37.8 Å². The van der Waals surface area contributed by atoms with Gasteiger partial charge in [-0.25, -0.2) is 9.59 Å². The fourth-order valence-electron chi connectivity index (χ4n) is 3.12. The first-order chi connectivity index (χ1) is 12.3. The van der Waals surface area contributed by atoms with E-state index in [2.05, 4.69) is 0 Å². The predicted molar refractivity (Wildman–Crippen MR) is 85.0 cm³/mol. The molecule has 0 spiro atoms. The molecule has 4 amide bonds. The zero-order chi connectivity index (χ0) is 19.4. The summed E-state index contributed by atoms with van der Waals surface area (Å²) in [6.07, 6.45) is -4.91. The van der Waals surface area contributed by atoms with Gasteiger partial charge < -0.3 is 30.6 Å². The van der Waals surface area contributed by atoms with E-state index in [4.69, 9.17) is 10.2 Å². The minimum absolute atomic E-state index is 0.0966. The zero-order valence-electron chi connectivity index (χ0n) is 14.3. The highest BCUT2D eigenvalue weighted by atomic mass is 16.4. The van der Waals surface area contributed by atoms with Gasteiger partial charge in [-0.05, 0) is 12.8 Å². The minimum atomic E-state index is -1.42. The van der Waals surface area contributed by atoms with Crippen molar-refractivity contribution < 1.29 is 40.2 Å². The Morgan fingerprint density at radius 1 is 0.577 bits per heavy atom. The van der Waals surface area contributed by atoms with Crippen LogP contribution in [-0.2, 0) is 0 Å². The highest BCUT2D eigenvalue weighted by Crippen LogP contribution is 2.22. The van der Waals surface area contributed by atoms with Gasteiger partial charge in [0, 0.05) is 26.2 Å². The van der Waals surface area contributed by atoms with E-state index in [-0.39, 0.29) is 39.4 Å². The van der Waals surface area contributed by atoms with Gasteiger partial charge in [-0.2, -0.15) is 0 Å². The number of nitrogens with zero attached hydrogens (tertiary/aromatic N) is 4. The van der Waals surface area contributed by atoms with Crippen LogP contribution in [0.2, 0.25) is 0 Å². The molecular weight excluding hydrogens is 352 g/mol. The number of aliphatic hydroxyl groups is 6. The summed E-state index contributed by atoms with van der Waals surface area (Å²) in [6, 6.07) is -1.19. The molecule has 12 heteroatoms. The molecule has 0 aliphatic carbocycles. The summed E-state index contributed by atoms with van der Waals surface area (Å²) >= 11 is 0. The summed E-state index contributed by atoms with van der Waals surface area (Å²) in [6.45, 7) is -0.656. The third-order valence-corrected chi connectivity index (χ3v) is 4.52. The molecule has 12 nitrogen and oxygen atoms in total. The summed E-state index contributed by atoms with van der Waals surface area (Å²) in [5.41, 5.74) is 0. The van der Waals surface area contributed by atoms with Crippen molar-refractivity contribution in [1.29, 1.82) is 0 Å². The van der Waals surface area contributed by atoms with Crippen LogP contribution in [-0.4, -0.2) is 127 Å². The normalized spacial score (nSPS) is 29.5. The third-order valence-electron chi connectivity index (χ3n) is 4.52. The molecule has 0 aromatic carbocycles. The Bertz CT molecular complexity index is 465. The molecule has 0 aromatic rings. The SMILES string of the molecule is O=C1N(CCO)C(O)C(O)N1CCCCN1C(=O)N(CCO)C(O)C1O. The van der Waals surface area contributed by atoms with Gasteiger partial charge in [-0.1, -0.05) is 0 Å². The van der Waals surface area contributed by atoms with Crippen LogP contribution < -0.4 is 0 Å². The molecule has 2 aliphatic heterocycles. The van der Waals surface area contributed by atoms with E-state index in [0.717, 1.165) is 19.6 Å². The highest BCUT2D eigenvalue weighted by Gasteiger charge is 2.44. The highest BCUT2D eigenvalue weighted by molar-refractivity contribution is 5.77. The van der Waals surface area contributed by atoms with Crippen LogP contribution >= 0.6 is 0 Å². The molecule has 0 radical (unpaired) electrons. The van der Waals surface area contributed by atoms with Gasteiger partial charge in [0.2, 0.25) is 0 Å². The van der Waals surface area contributed by atoms with Crippen LogP contribution in [0.5, 0.6) is 0 Å². The molecule has 2 rings (SSSR count). The van der Waals surface area contributed by atoms with E-state index in [1.54, 1.807) is 0 Å². The number of carbonyl (C=O) groups excluding carboxylic acids is 2. The molecule has 2 heterocycles. The van der Waals surface area contributed by atoms with Gasteiger partial charge in [-0.3, -0.25) is 19.6 Å². The smallest absolute Gasteiger partial charge is 0.324 e. The Morgan fingerprint density at radius 3 is 1.12 bits per heavy atom. The first kappa shape index (κ1) is 20.6. The Balaban J connectivity index is 1.82. The van der Waals surface area contributed by atoms with E-state index in [1.807, 2.05) is 0 Å². The molecule has 150 valence electrons. The van der Waals surface area contributed by atoms with E-state index < -0.39 is 37.0 Å². The zero-order valence-corrected chi connectivity index (χ0v) is 14.3. The van der Waals surface area contributed by atoms with E-state index >= 15 is 0 Å². The average Bonchev–Trinajstić information content (AvgIpc) is 2.94. The van der Waals surface area contributed by atoms with Gasteiger partial charge in [0.15, 0.2) is 24.9 Å². The molecular formula is C14H26N4O8. The maximum Gasteiger partial charge on any atom is 0.324 e. The average molecular weight is 378 g/mol. The van der Waals surface area contributed by atoms with Crippen molar-refractivity contribution in [3.8, 4) is 0 Å². The lowest BCUT2D eigenvalue weighted by Crippen LogP contribution is -2.39. The first-order valence-corrected chi connectivity index (χ1v) is 8.43. The molecule has 0 bridgehead atoms. The standard InChI is InChI=1S/C14H26N4O8/c19-7-5-17-11(23)9(21)15(13(17)25)3-1-2-4-16-10(22)12(24)18(6-8-20)14(16)26/h9-12,19-24H,1-8H2. The maximum absolute atomic E-state index is 12.1. The third kappa shape index (κ3) is 3.84. The number of carbonyl (C=O) groups is 2. The molecule has 0 saturated carbocycles. The van der Waals surface area contributed by atoms with Crippen molar-refractivity contribution in [1.82, 2.24) is 19.6 Å². The van der Waals surface area contributed by atoms with E-state index in [9.17, 15) is 30.0 Å². The van der Waals surface area contributed by atoms with Crippen molar-refractivity contribution in [3.05, 3.63) is 0 Å². The Labute approximate surface area is 150 Å². The molecule has 4 atom stereocenters. The molecule has 26 heavy (non-hydrogen) atoms. The number of hydrogen-bond acceptors (Lipinski definition) is 8. The minimum Gasteiger partial charge on any atom is -0.395 e. The van der Waals surface area contributed by atoms with Crippen molar-refractivity contribution in [3.63, 3.8) is 0 Å². The number of hydrogen-bond donors (Lipinski definition) is 6. The summed E-state index contributed by atoms with van der Waals surface area (Å²) in [4.78, 5) is 28.2. The summed E-state index contributed by atoms with van der Waals surface area (Å²) < 4.78 is 0. The second kappa shape index (κ2) is 8.79.